The molecule has 0 aromatic heterocycles. The molecule has 0 aliphatic carbocycles. The molecule has 2 aliphatic heterocycles. The van der Waals surface area contributed by atoms with Crippen LogP contribution >= 0.6 is 7.82 Å². The number of phosphoric ester groups is 1. The van der Waals surface area contributed by atoms with Crippen molar-refractivity contribution >= 4 is 19.8 Å². The zero-order chi connectivity index (χ0) is 24.6. The fourth-order valence-electron chi connectivity index (χ4n) is 3.06. The Balaban J connectivity index is 2.22. The SMILES string of the molecule is O=C(O)[C@H]1O[C@H](OP(=O)(O)O[C@@H]2C[C@](O)(C(=O)O)O[C@H]([C@H](O)CO)[C@@H]2O)[C@H](O)[C@@H](O)[C@H]1O. The quantitative estimate of drug-likeness (QED) is 0.141. The Labute approximate surface area is 178 Å². The Hall–Kier alpha value is -1.31. The van der Waals surface area contributed by atoms with Crippen LogP contribution in [0.4, 0.5) is 0 Å². The van der Waals surface area contributed by atoms with Crippen LogP contribution in [-0.2, 0) is 32.7 Å². The molecular weight excluding hydrogens is 471 g/mol. The highest BCUT2D eigenvalue weighted by molar-refractivity contribution is 7.47. The van der Waals surface area contributed by atoms with Gasteiger partial charge in [0, 0.05) is 6.42 Å². The minimum Gasteiger partial charge on any atom is -0.479 e. The largest absolute Gasteiger partial charge is 0.479 e. The summed E-state index contributed by atoms with van der Waals surface area (Å²) in [6.07, 6.45) is -20.4. The highest BCUT2D eigenvalue weighted by atomic mass is 31.2. The minimum absolute atomic E-state index is 1.07. The van der Waals surface area contributed by atoms with Crippen LogP contribution in [0.1, 0.15) is 6.42 Å². The number of phosphoric acid groups is 1. The number of ether oxygens (including phenoxy) is 2. The summed E-state index contributed by atoms with van der Waals surface area (Å²) in [5.74, 6) is -6.99. The highest BCUT2D eigenvalue weighted by Crippen LogP contribution is 2.50. The first-order chi connectivity index (χ1) is 14.6. The van der Waals surface area contributed by atoms with Crippen LogP contribution < -0.4 is 0 Å². The van der Waals surface area contributed by atoms with E-state index in [0.717, 1.165) is 0 Å². The summed E-state index contributed by atoms with van der Waals surface area (Å²) in [6, 6.07) is 0. The van der Waals surface area contributed by atoms with Gasteiger partial charge in [-0.1, -0.05) is 0 Å². The van der Waals surface area contributed by atoms with E-state index < -0.39 is 93.7 Å². The van der Waals surface area contributed by atoms with Gasteiger partial charge >= 0.3 is 19.8 Å². The van der Waals surface area contributed by atoms with Crippen molar-refractivity contribution in [2.45, 2.75) is 67.3 Å². The van der Waals surface area contributed by atoms with Crippen LogP contribution in [0, 0.1) is 0 Å². The highest BCUT2D eigenvalue weighted by Gasteiger charge is 2.56. The Morgan fingerprint density at radius 2 is 1.66 bits per heavy atom. The average molecular weight is 494 g/mol. The van der Waals surface area contributed by atoms with E-state index in [-0.39, 0.29) is 0 Å². The summed E-state index contributed by atoms with van der Waals surface area (Å²) >= 11 is 0. The zero-order valence-corrected chi connectivity index (χ0v) is 16.8. The molecule has 0 amide bonds. The standard InChI is InChI=1S/C14H23O17P/c15-2-3(16)9-5(17)4(1-14(25,29-9)13(23)24)30-32(26,27)31-12-8(20)6(18)7(19)10(28-12)11(21)22/h3-10,12,15-20,25H,1-2H2,(H,21,22)(H,23,24)(H,26,27)/t3-,4-,5-,6+,7-,8-,9-,10+,12-,14-/m1/s1. The normalized spacial score (nSPS) is 43.2. The lowest BCUT2D eigenvalue weighted by Crippen LogP contribution is -2.62. The average Bonchev–Trinajstić information content (AvgIpc) is 2.69. The predicted molar refractivity (Wildman–Crippen MR) is 91.3 cm³/mol. The van der Waals surface area contributed by atoms with Crippen molar-refractivity contribution in [2.24, 2.45) is 0 Å². The first-order valence-corrected chi connectivity index (χ1v) is 10.4. The van der Waals surface area contributed by atoms with Crippen molar-refractivity contribution in [1.82, 2.24) is 0 Å². The third-order valence-corrected chi connectivity index (χ3v) is 5.76. The summed E-state index contributed by atoms with van der Waals surface area (Å²) in [5.41, 5.74) is 0. The lowest BCUT2D eigenvalue weighted by Gasteiger charge is -2.43. The lowest BCUT2D eigenvalue weighted by molar-refractivity contribution is -0.308. The minimum atomic E-state index is -5.49. The molecule has 1 unspecified atom stereocenters. The number of carboxylic acid groups (broad SMARTS) is 2. The van der Waals surface area contributed by atoms with Crippen molar-refractivity contribution in [3.8, 4) is 0 Å². The lowest BCUT2D eigenvalue weighted by atomic mass is 9.93. The van der Waals surface area contributed by atoms with Gasteiger partial charge in [0.2, 0.25) is 0 Å². The van der Waals surface area contributed by atoms with E-state index >= 15 is 0 Å². The molecule has 0 radical (unpaired) electrons. The molecule has 2 saturated heterocycles. The van der Waals surface area contributed by atoms with Crippen LogP contribution in [0.2, 0.25) is 0 Å². The van der Waals surface area contributed by atoms with Crippen LogP contribution in [0.3, 0.4) is 0 Å². The van der Waals surface area contributed by atoms with E-state index in [0.29, 0.717) is 0 Å². The molecule has 0 spiro atoms. The molecule has 18 heteroatoms. The van der Waals surface area contributed by atoms with Crippen molar-refractivity contribution < 1.29 is 83.5 Å². The molecule has 0 saturated carbocycles. The molecular formula is C14H23O17P. The van der Waals surface area contributed by atoms with Gasteiger partial charge in [-0.3, -0.25) is 9.05 Å². The fraction of sp³-hybridized carbons (Fsp3) is 0.857. The first kappa shape index (κ1) is 26.9. The smallest absolute Gasteiger partial charge is 0.474 e. The number of carbonyl (C=O) groups is 2. The Morgan fingerprint density at radius 1 is 1.06 bits per heavy atom. The van der Waals surface area contributed by atoms with Crippen molar-refractivity contribution in [3.63, 3.8) is 0 Å². The Morgan fingerprint density at radius 3 is 2.16 bits per heavy atom. The van der Waals surface area contributed by atoms with Crippen LogP contribution in [-0.4, -0.2) is 130 Å². The van der Waals surface area contributed by atoms with Gasteiger partial charge in [0.15, 0.2) is 12.4 Å². The van der Waals surface area contributed by atoms with Gasteiger partial charge in [-0.15, -0.1) is 0 Å². The molecule has 2 fully saturated rings. The Bertz CT molecular complexity index is 747. The van der Waals surface area contributed by atoms with Gasteiger partial charge in [0.1, 0.15) is 42.7 Å². The van der Waals surface area contributed by atoms with E-state index in [1.165, 1.54) is 0 Å². The van der Waals surface area contributed by atoms with Crippen molar-refractivity contribution in [2.75, 3.05) is 6.61 Å². The predicted octanol–water partition coefficient (Wildman–Crippen LogP) is -5.34. The Kier molecular flexibility index (Phi) is 8.33. The summed E-state index contributed by atoms with van der Waals surface area (Å²) in [7, 11) is -5.49. The monoisotopic (exact) mass is 494 g/mol. The number of aliphatic carboxylic acids is 2. The molecule has 0 bridgehead atoms. The van der Waals surface area contributed by atoms with E-state index in [1.807, 2.05) is 0 Å². The van der Waals surface area contributed by atoms with Gasteiger partial charge in [-0.2, -0.15) is 0 Å². The summed E-state index contributed by atoms with van der Waals surface area (Å²) in [4.78, 5) is 32.3. The second-order valence-corrected chi connectivity index (χ2v) is 8.43. The third-order valence-electron chi connectivity index (χ3n) is 4.75. The summed E-state index contributed by atoms with van der Waals surface area (Å²) in [6.45, 7) is -1.07. The van der Waals surface area contributed by atoms with Gasteiger partial charge in [-0.05, 0) is 0 Å². The molecule has 2 aliphatic rings. The summed E-state index contributed by atoms with van der Waals surface area (Å²) in [5, 5.41) is 86.2. The van der Waals surface area contributed by atoms with E-state index in [9.17, 15) is 49.7 Å². The molecule has 2 rings (SSSR count). The van der Waals surface area contributed by atoms with Gasteiger partial charge in [-0.25, -0.2) is 14.2 Å². The zero-order valence-electron chi connectivity index (χ0n) is 15.9. The van der Waals surface area contributed by atoms with Gasteiger partial charge < -0.3 is 60.3 Å². The molecule has 10 N–H and O–H groups in total. The second kappa shape index (κ2) is 9.90. The van der Waals surface area contributed by atoms with Crippen LogP contribution in [0.15, 0.2) is 0 Å². The molecule has 0 aromatic rings. The van der Waals surface area contributed by atoms with E-state index in [2.05, 4.69) is 13.8 Å². The van der Waals surface area contributed by atoms with E-state index in [1.54, 1.807) is 0 Å². The fourth-order valence-corrected chi connectivity index (χ4v) is 4.09. The van der Waals surface area contributed by atoms with Crippen LogP contribution in [0.25, 0.3) is 0 Å². The maximum absolute atomic E-state index is 12.4. The number of aliphatic hydroxyl groups is 7. The number of hydrogen-bond acceptors (Lipinski definition) is 14. The summed E-state index contributed by atoms with van der Waals surface area (Å²) < 4.78 is 30.8. The maximum Gasteiger partial charge on any atom is 0.474 e. The molecule has 17 nitrogen and oxygen atoms in total. The number of rotatable bonds is 8. The molecule has 0 aromatic carbocycles. The van der Waals surface area contributed by atoms with Crippen molar-refractivity contribution in [3.05, 3.63) is 0 Å². The molecule has 32 heavy (non-hydrogen) atoms. The van der Waals surface area contributed by atoms with E-state index in [4.69, 9.17) is 20.1 Å². The van der Waals surface area contributed by atoms with Crippen molar-refractivity contribution in [1.29, 1.82) is 0 Å². The molecule has 186 valence electrons. The number of carboxylic acids is 2. The second-order valence-electron chi connectivity index (χ2n) is 7.07. The molecule has 2 heterocycles. The maximum atomic E-state index is 12.4. The molecule has 11 atom stereocenters. The van der Waals surface area contributed by atoms with Gasteiger partial charge in [0.25, 0.3) is 5.79 Å². The first-order valence-electron chi connectivity index (χ1n) is 8.86. The third kappa shape index (κ3) is 5.60. The van der Waals surface area contributed by atoms with Gasteiger partial charge in [0.05, 0.1) is 6.61 Å². The number of hydrogen-bond donors (Lipinski definition) is 10. The topological polar surface area (TPSA) is 290 Å². The van der Waals surface area contributed by atoms with Crippen LogP contribution in [0.5, 0.6) is 0 Å². The number of aliphatic hydroxyl groups excluding tert-OH is 6.